The van der Waals surface area contributed by atoms with Gasteiger partial charge in [0.1, 0.15) is 5.75 Å². The van der Waals surface area contributed by atoms with Crippen molar-refractivity contribution in [1.29, 1.82) is 0 Å². The van der Waals surface area contributed by atoms with Crippen LogP contribution in [0.4, 0.5) is 11.4 Å². The van der Waals surface area contributed by atoms with Gasteiger partial charge in [-0.2, -0.15) is 0 Å². The van der Waals surface area contributed by atoms with Crippen LogP contribution in [0.15, 0.2) is 42.5 Å². The van der Waals surface area contributed by atoms with E-state index < -0.39 is 10.8 Å². The Morgan fingerprint density at radius 2 is 1.75 bits per heavy atom. The van der Waals surface area contributed by atoms with Gasteiger partial charge in [-0.25, -0.2) is 0 Å². The lowest BCUT2D eigenvalue weighted by molar-refractivity contribution is -0.385. The molecule has 0 aliphatic rings. The van der Waals surface area contributed by atoms with Crippen LogP contribution in [0.25, 0.3) is 0 Å². The van der Waals surface area contributed by atoms with Crippen molar-refractivity contribution < 1.29 is 19.2 Å². The number of carbonyl (C=O) groups is 1. The molecule has 2 aromatic rings. The number of rotatable bonds is 7. The standard InChI is InChI=1S/C17H18N2O5/c1-3-23-14-8-6-13(7-9-14)18-17(20)12-5-10-16(24-4-2)15(11-12)19(21)22/h5-11H,3-4H2,1-2H3,(H,18,20). The Hall–Kier alpha value is -3.09. The lowest BCUT2D eigenvalue weighted by Crippen LogP contribution is -2.12. The number of ether oxygens (including phenoxy) is 2. The number of anilines is 1. The summed E-state index contributed by atoms with van der Waals surface area (Å²) in [6.45, 7) is 4.48. The second-order valence-electron chi connectivity index (χ2n) is 4.78. The van der Waals surface area contributed by atoms with Gasteiger partial charge in [-0.05, 0) is 50.2 Å². The third kappa shape index (κ3) is 4.22. The SMILES string of the molecule is CCOc1ccc(NC(=O)c2ccc(OCC)c([N+](=O)[O-])c2)cc1. The van der Waals surface area contributed by atoms with E-state index in [4.69, 9.17) is 9.47 Å². The fourth-order valence-electron chi connectivity index (χ4n) is 2.08. The Balaban J connectivity index is 2.17. The first-order chi connectivity index (χ1) is 11.5. The monoisotopic (exact) mass is 330 g/mol. The Bertz CT molecular complexity index is 728. The first kappa shape index (κ1) is 17.3. The Morgan fingerprint density at radius 3 is 2.33 bits per heavy atom. The molecule has 126 valence electrons. The van der Waals surface area contributed by atoms with E-state index in [1.54, 1.807) is 31.2 Å². The number of amides is 1. The maximum absolute atomic E-state index is 12.3. The molecule has 0 spiro atoms. The summed E-state index contributed by atoms with van der Waals surface area (Å²) >= 11 is 0. The van der Waals surface area contributed by atoms with Crippen molar-refractivity contribution in [3.63, 3.8) is 0 Å². The Kier molecular flexibility index (Phi) is 5.73. The minimum Gasteiger partial charge on any atom is -0.494 e. The molecule has 1 N–H and O–H groups in total. The van der Waals surface area contributed by atoms with Crippen molar-refractivity contribution in [3.05, 3.63) is 58.1 Å². The quantitative estimate of drug-likeness (QED) is 0.618. The van der Waals surface area contributed by atoms with Gasteiger partial charge in [-0.3, -0.25) is 14.9 Å². The van der Waals surface area contributed by atoms with Crippen molar-refractivity contribution >= 4 is 17.3 Å². The van der Waals surface area contributed by atoms with E-state index in [-0.39, 0.29) is 17.0 Å². The molecule has 0 fully saturated rings. The number of hydrogen-bond donors (Lipinski definition) is 1. The van der Waals surface area contributed by atoms with E-state index in [0.29, 0.717) is 24.7 Å². The van der Waals surface area contributed by atoms with E-state index in [9.17, 15) is 14.9 Å². The first-order valence-electron chi connectivity index (χ1n) is 7.50. The highest BCUT2D eigenvalue weighted by atomic mass is 16.6. The van der Waals surface area contributed by atoms with Gasteiger partial charge in [-0.15, -0.1) is 0 Å². The van der Waals surface area contributed by atoms with Crippen molar-refractivity contribution in [3.8, 4) is 11.5 Å². The molecule has 0 aliphatic heterocycles. The zero-order valence-corrected chi connectivity index (χ0v) is 13.4. The van der Waals surface area contributed by atoms with Crippen LogP contribution in [0.5, 0.6) is 11.5 Å². The summed E-state index contributed by atoms with van der Waals surface area (Å²) in [5, 5.41) is 13.8. The summed E-state index contributed by atoms with van der Waals surface area (Å²) in [6.07, 6.45) is 0. The van der Waals surface area contributed by atoms with Crippen LogP contribution in [-0.4, -0.2) is 24.0 Å². The van der Waals surface area contributed by atoms with E-state index in [1.807, 2.05) is 6.92 Å². The second kappa shape index (κ2) is 7.96. The largest absolute Gasteiger partial charge is 0.494 e. The molecule has 24 heavy (non-hydrogen) atoms. The third-order valence-electron chi connectivity index (χ3n) is 3.14. The average Bonchev–Trinajstić information content (AvgIpc) is 2.57. The van der Waals surface area contributed by atoms with Crippen molar-refractivity contribution in [2.45, 2.75) is 13.8 Å². The zero-order chi connectivity index (χ0) is 17.5. The number of nitro groups is 1. The third-order valence-corrected chi connectivity index (χ3v) is 3.14. The molecule has 7 nitrogen and oxygen atoms in total. The smallest absolute Gasteiger partial charge is 0.311 e. The highest BCUT2D eigenvalue weighted by Crippen LogP contribution is 2.28. The predicted molar refractivity (Wildman–Crippen MR) is 89.8 cm³/mol. The predicted octanol–water partition coefficient (Wildman–Crippen LogP) is 3.64. The molecule has 0 radical (unpaired) electrons. The highest BCUT2D eigenvalue weighted by molar-refractivity contribution is 6.04. The summed E-state index contributed by atoms with van der Waals surface area (Å²) < 4.78 is 10.5. The number of benzene rings is 2. The molecule has 0 heterocycles. The lowest BCUT2D eigenvalue weighted by atomic mass is 10.1. The van der Waals surface area contributed by atoms with Crippen LogP contribution in [0.1, 0.15) is 24.2 Å². The fraction of sp³-hybridized carbons (Fsp3) is 0.235. The molecule has 0 unspecified atom stereocenters. The molecule has 7 heteroatoms. The summed E-state index contributed by atoms with van der Waals surface area (Å²) in [7, 11) is 0. The van der Waals surface area contributed by atoms with Gasteiger partial charge in [-0.1, -0.05) is 0 Å². The fourth-order valence-corrected chi connectivity index (χ4v) is 2.08. The van der Waals surface area contributed by atoms with Gasteiger partial charge < -0.3 is 14.8 Å². The second-order valence-corrected chi connectivity index (χ2v) is 4.78. The Labute approximate surface area is 139 Å². The topological polar surface area (TPSA) is 90.7 Å². The molecule has 0 aliphatic carbocycles. The minimum absolute atomic E-state index is 0.139. The molecule has 0 saturated carbocycles. The number of nitrogens with zero attached hydrogens (tertiary/aromatic N) is 1. The summed E-state index contributed by atoms with van der Waals surface area (Å²) in [4.78, 5) is 22.8. The molecule has 1 amide bonds. The molecule has 0 saturated heterocycles. The van der Waals surface area contributed by atoms with Crippen LogP contribution < -0.4 is 14.8 Å². The van der Waals surface area contributed by atoms with E-state index in [1.165, 1.54) is 18.2 Å². The number of carbonyl (C=O) groups excluding carboxylic acids is 1. The maximum atomic E-state index is 12.3. The molecular weight excluding hydrogens is 312 g/mol. The molecule has 2 aromatic carbocycles. The number of hydrogen-bond acceptors (Lipinski definition) is 5. The van der Waals surface area contributed by atoms with E-state index in [2.05, 4.69) is 5.32 Å². The summed E-state index contributed by atoms with van der Waals surface area (Å²) in [5.41, 5.74) is 0.509. The van der Waals surface area contributed by atoms with Crippen molar-refractivity contribution in [2.75, 3.05) is 18.5 Å². The van der Waals surface area contributed by atoms with Crippen LogP contribution in [0.3, 0.4) is 0 Å². The van der Waals surface area contributed by atoms with Crippen LogP contribution in [-0.2, 0) is 0 Å². The average molecular weight is 330 g/mol. The first-order valence-corrected chi connectivity index (χ1v) is 7.50. The summed E-state index contributed by atoms with van der Waals surface area (Å²) in [5.74, 6) is 0.401. The van der Waals surface area contributed by atoms with Crippen LogP contribution in [0, 0.1) is 10.1 Å². The van der Waals surface area contributed by atoms with Gasteiger partial charge in [0.2, 0.25) is 0 Å². The molecule has 2 rings (SSSR count). The van der Waals surface area contributed by atoms with Gasteiger partial charge in [0.25, 0.3) is 5.91 Å². The van der Waals surface area contributed by atoms with Crippen LogP contribution >= 0.6 is 0 Å². The van der Waals surface area contributed by atoms with E-state index >= 15 is 0 Å². The van der Waals surface area contributed by atoms with E-state index in [0.717, 1.165) is 0 Å². The molecule has 0 bridgehead atoms. The van der Waals surface area contributed by atoms with Gasteiger partial charge in [0.15, 0.2) is 5.75 Å². The molecular formula is C17H18N2O5. The Morgan fingerprint density at radius 1 is 1.08 bits per heavy atom. The normalized spacial score (nSPS) is 10.1. The maximum Gasteiger partial charge on any atom is 0.311 e. The van der Waals surface area contributed by atoms with Crippen LogP contribution in [0.2, 0.25) is 0 Å². The number of nitro benzene ring substituents is 1. The van der Waals surface area contributed by atoms with Gasteiger partial charge in [0.05, 0.1) is 18.1 Å². The zero-order valence-electron chi connectivity index (χ0n) is 13.4. The number of nitrogens with one attached hydrogen (secondary N) is 1. The highest BCUT2D eigenvalue weighted by Gasteiger charge is 2.18. The van der Waals surface area contributed by atoms with Gasteiger partial charge >= 0.3 is 5.69 Å². The van der Waals surface area contributed by atoms with Crippen molar-refractivity contribution in [2.24, 2.45) is 0 Å². The minimum atomic E-state index is -0.571. The van der Waals surface area contributed by atoms with Crippen molar-refractivity contribution in [1.82, 2.24) is 0 Å². The van der Waals surface area contributed by atoms with Gasteiger partial charge in [0, 0.05) is 17.3 Å². The summed E-state index contributed by atoms with van der Waals surface area (Å²) in [6, 6.07) is 11.0. The molecule has 0 atom stereocenters. The molecule has 0 aromatic heterocycles. The lowest BCUT2D eigenvalue weighted by Gasteiger charge is -2.08.